The standard InChI is InChI=1S/C20H29N7O6/c1-3-22-18(30)15-13(28)14(29)19(33-15)27-9-23-12-16(21)24-11(25-17(12)27)8-10-4-6-26(7-5-10)20(31)32-2/h9-10,13-15,19,28-29H,3-8H2,1-2H3,(H,22,30)(H2,21,24,25)/t13?,14?,15-,19+/m0/s1. The predicted molar refractivity (Wildman–Crippen MR) is 115 cm³/mol. The molecule has 0 radical (unpaired) electrons. The van der Waals surface area contributed by atoms with E-state index in [-0.39, 0.29) is 17.8 Å². The first-order valence-corrected chi connectivity index (χ1v) is 10.9. The van der Waals surface area contributed by atoms with Crippen molar-refractivity contribution in [1.82, 2.24) is 29.7 Å². The van der Waals surface area contributed by atoms with Gasteiger partial charge in [-0.3, -0.25) is 9.36 Å². The van der Waals surface area contributed by atoms with Crippen molar-refractivity contribution in [2.45, 2.75) is 50.7 Å². The van der Waals surface area contributed by atoms with E-state index < -0.39 is 30.4 Å². The number of hydrogen-bond donors (Lipinski definition) is 4. The molecule has 4 atom stereocenters. The Kier molecular flexibility index (Phi) is 6.63. The van der Waals surface area contributed by atoms with Gasteiger partial charge in [0.05, 0.1) is 13.4 Å². The van der Waals surface area contributed by atoms with Gasteiger partial charge in [0.15, 0.2) is 23.8 Å². The van der Waals surface area contributed by atoms with E-state index in [4.69, 9.17) is 15.2 Å². The lowest BCUT2D eigenvalue weighted by atomic mass is 9.93. The first-order chi connectivity index (χ1) is 15.8. The number of nitrogens with two attached hydrogens (primary N) is 1. The highest BCUT2D eigenvalue weighted by atomic mass is 16.6. The number of likely N-dealkylation sites (N-methyl/N-ethyl adjacent to an activating group) is 1. The lowest BCUT2D eigenvalue weighted by molar-refractivity contribution is -0.137. The van der Waals surface area contributed by atoms with E-state index in [9.17, 15) is 19.8 Å². The molecular formula is C20H29N7O6. The zero-order valence-corrected chi connectivity index (χ0v) is 18.5. The molecular weight excluding hydrogens is 434 g/mol. The van der Waals surface area contributed by atoms with Crippen LogP contribution in [-0.4, -0.2) is 91.7 Å². The number of carbonyl (C=O) groups excluding carboxylic acids is 2. The lowest BCUT2D eigenvalue weighted by Gasteiger charge is -2.30. The van der Waals surface area contributed by atoms with Gasteiger partial charge in [-0.1, -0.05) is 0 Å². The Morgan fingerprint density at radius 3 is 2.67 bits per heavy atom. The molecule has 2 fully saturated rings. The van der Waals surface area contributed by atoms with E-state index >= 15 is 0 Å². The maximum atomic E-state index is 12.2. The maximum absolute atomic E-state index is 12.2. The number of imidazole rings is 1. The Balaban J connectivity index is 1.53. The second kappa shape index (κ2) is 9.45. The van der Waals surface area contributed by atoms with Crippen molar-refractivity contribution in [3.8, 4) is 0 Å². The van der Waals surface area contributed by atoms with Gasteiger partial charge in [0.25, 0.3) is 5.91 Å². The van der Waals surface area contributed by atoms with E-state index in [2.05, 4.69) is 20.3 Å². The number of amides is 2. The Bertz CT molecular complexity index is 1020. The summed E-state index contributed by atoms with van der Waals surface area (Å²) in [5.41, 5.74) is 6.80. The number of aliphatic hydroxyl groups is 2. The van der Waals surface area contributed by atoms with Crippen molar-refractivity contribution in [3.63, 3.8) is 0 Å². The minimum Gasteiger partial charge on any atom is -0.453 e. The van der Waals surface area contributed by atoms with E-state index in [0.717, 1.165) is 12.8 Å². The summed E-state index contributed by atoms with van der Waals surface area (Å²) in [6, 6.07) is 0. The number of ether oxygens (including phenoxy) is 2. The lowest BCUT2D eigenvalue weighted by Crippen LogP contribution is -2.42. The molecule has 4 rings (SSSR count). The van der Waals surface area contributed by atoms with E-state index in [1.807, 2.05) is 0 Å². The summed E-state index contributed by atoms with van der Waals surface area (Å²) in [4.78, 5) is 38.7. The highest BCUT2D eigenvalue weighted by molar-refractivity contribution is 5.83. The third-order valence-electron chi connectivity index (χ3n) is 6.14. The number of nitrogens with one attached hydrogen (secondary N) is 1. The number of carbonyl (C=O) groups is 2. The van der Waals surface area contributed by atoms with Crippen LogP contribution < -0.4 is 11.1 Å². The van der Waals surface area contributed by atoms with Crippen LogP contribution in [0.2, 0.25) is 0 Å². The number of fused-ring (bicyclic) bond motifs is 1. The molecule has 2 aliphatic heterocycles. The number of nitrogen functional groups attached to an aromatic ring is 1. The topological polar surface area (TPSA) is 178 Å². The monoisotopic (exact) mass is 463 g/mol. The second-order valence-corrected chi connectivity index (χ2v) is 8.28. The van der Waals surface area contributed by atoms with Gasteiger partial charge in [-0.15, -0.1) is 0 Å². The summed E-state index contributed by atoms with van der Waals surface area (Å²) in [5, 5.41) is 23.5. The molecule has 0 bridgehead atoms. The van der Waals surface area contributed by atoms with Crippen LogP contribution in [0.3, 0.4) is 0 Å². The predicted octanol–water partition coefficient (Wildman–Crippen LogP) is -0.815. The zero-order chi connectivity index (χ0) is 23.7. The van der Waals surface area contributed by atoms with Gasteiger partial charge in [-0.25, -0.2) is 19.7 Å². The van der Waals surface area contributed by atoms with Crippen LogP contribution >= 0.6 is 0 Å². The smallest absolute Gasteiger partial charge is 0.409 e. The SMILES string of the molecule is CCNC(=O)[C@H]1O[C@@H](n2cnc3c(N)nc(CC4CCN(C(=O)OC)CC4)nc32)C(O)C1O. The van der Waals surface area contributed by atoms with Crippen molar-refractivity contribution >= 4 is 29.0 Å². The first-order valence-electron chi connectivity index (χ1n) is 10.9. The van der Waals surface area contributed by atoms with Crippen LogP contribution in [0.25, 0.3) is 11.2 Å². The number of methoxy groups -OCH3 is 1. The van der Waals surface area contributed by atoms with Crippen molar-refractivity contribution < 1.29 is 29.3 Å². The fraction of sp³-hybridized carbons (Fsp3) is 0.650. The third-order valence-corrected chi connectivity index (χ3v) is 6.14. The van der Waals surface area contributed by atoms with Gasteiger partial charge in [0, 0.05) is 26.1 Å². The number of piperidine rings is 1. The minimum absolute atomic E-state index is 0.189. The summed E-state index contributed by atoms with van der Waals surface area (Å²) < 4.78 is 11.9. The van der Waals surface area contributed by atoms with Crippen molar-refractivity contribution in [2.75, 3.05) is 32.5 Å². The molecule has 4 heterocycles. The Labute approximate surface area is 189 Å². The van der Waals surface area contributed by atoms with Crippen LogP contribution in [0.15, 0.2) is 6.33 Å². The van der Waals surface area contributed by atoms with Gasteiger partial charge in [-0.2, -0.15) is 0 Å². The number of rotatable bonds is 5. The molecule has 2 unspecified atom stereocenters. The van der Waals surface area contributed by atoms with Gasteiger partial charge in [0.1, 0.15) is 23.5 Å². The number of aromatic nitrogens is 4. The molecule has 2 aliphatic rings. The summed E-state index contributed by atoms with van der Waals surface area (Å²) in [6.45, 7) is 3.30. The zero-order valence-electron chi connectivity index (χ0n) is 18.5. The maximum Gasteiger partial charge on any atom is 0.409 e. The Morgan fingerprint density at radius 2 is 2.00 bits per heavy atom. The van der Waals surface area contributed by atoms with Crippen LogP contribution in [-0.2, 0) is 20.7 Å². The van der Waals surface area contributed by atoms with Gasteiger partial charge < -0.3 is 35.6 Å². The molecule has 0 aromatic carbocycles. The highest BCUT2D eigenvalue weighted by Crippen LogP contribution is 2.32. The van der Waals surface area contributed by atoms with Crippen LogP contribution in [0.1, 0.15) is 31.8 Å². The van der Waals surface area contributed by atoms with E-state index in [1.54, 1.807) is 11.8 Å². The molecule has 2 aromatic rings. The molecule has 5 N–H and O–H groups in total. The fourth-order valence-electron chi connectivity index (χ4n) is 4.35. The Morgan fingerprint density at radius 1 is 1.27 bits per heavy atom. The molecule has 180 valence electrons. The first kappa shape index (κ1) is 23.1. The van der Waals surface area contributed by atoms with Crippen molar-refractivity contribution in [1.29, 1.82) is 0 Å². The minimum atomic E-state index is -1.40. The molecule has 2 aromatic heterocycles. The van der Waals surface area contributed by atoms with Crippen molar-refractivity contribution in [2.24, 2.45) is 5.92 Å². The normalized spacial score (nSPS) is 26.0. The molecule has 33 heavy (non-hydrogen) atoms. The summed E-state index contributed by atoms with van der Waals surface area (Å²) in [6.07, 6.45) is -1.88. The molecule has 0 aliphatic carbocycles. The number of anilines is 1. The summed E-state index contributed by atoms with van der Waals surface area (Å²) in [5.74, 6) is 0.445. The third kappa shape index (κ3) is 4.43. The van der Waals surface area contributed by atoms with Gasteiger partial charge >= 0.3 is 6.09 Å². The Hall–Kier alpha value is -3.03. The van der Waals surface area contributed by atoms with Crippen molar-refractivity contribution in [3.05, 3.63) is 12.2 Å². The molecule has 13 heteroatoms. The average molecular weight is 463 g/mol. The van der Waals surface area contributed by atoms with E-state index in [1.165, 1.54) is 18.0 Å². The number of nitrogens with zero attached hydrogens (tertiary/aromatic N) is 5. The summed E-state index contributed by atoms with van der Waals surface area (Å²) >= 11 is 0. The van der Waals surface area contributed by atoms with Crippen LogP contribution in [0.5, 0.6) is 0 Å². The van der Waals surface area contributed by atoms with Gasteiger partial charge in [-0.05, 0) is 25.7 Å². The average Bonchev–Trinajstić information content (AvgIpc) is 3.35. The molecule has 2 amide bonds. The van der Waals surface area contributed by atoms with Gasteiger partial charge in [0.2, 0.25) is 0 Å². The number of likely N-dealkylation sites (tertiary alicyclic amines) is 1. The molecule has 0 saturated carbocycles. The fourth-order valence-corrected chi connectivity index (χ4v) is 4.35. The highest BCUT2D eigenvalue weighted by Gasteiger charge is 2.47. The summed E-state index contributed by atoms with van der Waals surface area (Å²) in [7, 11) is 1.37. The molecule has 0 spiro atoms. The van der Waals surface area contributed by atoms with Crippen LogP contribution in [0.4, 0.5) is 10.6 Å². The largest absolute Gasteiger partial charge is 0.453 e. The number of aliphatic hydroxyl groups excluding tert-OH is 2. The second-order valence-electron chi connectivity index (χ2n) is 8.28. The quantitative estimate of drug-likeness (QED) is 0.438. The number of hydrogen-bond acceptors (Lipinski definition) is 10. The van der Waals surface area contributed by atoms with Crippen LogP contribution in [0, 0.1) is 5.92 Å². The molecule has 13 nitrogen and oxygen atoms in total. The molecule has 2 saturated heterocycles. The van der Waals surface area contributed by atoms with E-state index in [0.29, 0.717) is 43.0 Å².